The van der Waals surface area contributed by atoms with Crippen LogP contribution in [-0.4, -0.2) is 22.4 Å². The number of rotatable bonds is 5. The third-order valence-corrected chi connectivity index (χ3v) is 3.61. The van der Waals surface area contributed by atoms with E-state index in [1.165, 1.54) is 5.56 Å². The summed E-state index contributed by atoms with van der Waals surface area (Å²) in [6, 6.07) is 16.0. The van der Waals surface area contributed by atoms with Crippen molar-refractivity contribution in [3.8, 4) is 0 Å². The van der Waals surface area contributed by atoms with Gasteiger partial charge in [-0.1, -0.05) is 42.0 Å². The third kappa shape index (κ3) is 3.52. The molecule has 0 aliphatic carbocycles. The number of hydrogen-bond donors (Lipinski definition) is 2. The quantitative estimate of drug-likeness (QED) is 0.760. The van der Waals surface area contributed by atoms with Crippen molar-refractivity contribution in [2.45, 2.75) is 19.8 Å². The lowest BCUT2D eigenvalue weighted by molar-refractivity contribution is -0.120. The van der Waals surface area contributed by atoms with Gasteiger partial charge in [-0.3, -0.25) is 4.79 Å². The van der Waals surface area contributed by atoms with Crippen LogP contribution in [0, 0.1) is 6.92 Å². The molecule has 0 unspecified atom stereocenters. The van der Waals surface area contributed by atoms with Crippen molar-refractivity contribution in [2.75, 3.05) is 6.54 Å². The molecule has 1 heterocycles. The molecule has 3 aromatic rings. The molecule has 112 valence electrons. The third-order valence-electron chi connectivity index (χ3n) is 3.61. The van der Waals surface area contributed by atoms with Gasteiger partial charge in [-0.15, -0.1) is 0 Å². The maximum absolute atomic E-state index is 11.9. The molecule has 2 aromatic carbocycles. The van der Waals surface area contributed by atoms with Crippen LogP contribution in [0.25, 0.3) is 11.0 Å². The van der Waals surface area contributed by atoms with E-state index in [0.717, 1.165) is 22.4 Å². The lowest BCUT2D eigenvalue weighted by Crippen LogP contribution is -2.27. The molecule has 0 aliphatic rings. The zero-order valence-corrected chi connectivity index (χ0v) is 12.6. The van der Waals surface area contributed by atoms with Crippen molar-refractivity contribution >= 4 is 16.9 Å². The number of benzene rings is 2. The Labute approximate surface area is 129 Å². The topological polar surface area (TPSA) is 57.8 Å². The number of carbonyl (C=O) groups is 1. The summed E-state index contributed by atoms with van der Waals surface area (Å²) in [6.45, 7) is 2.63. The van der Waals surface area contributed by atoms with Crippen LogP contribution in [0.3, 0.4) is 0 Å². The van der Waals surface area contributed by atoms with Crippen molar-refractivity contribution in [3.05, 3.63) is 65.5 Å². The monoisotopic (exact) mass is 293 g/mol. The molecule has 0 fully saturated rings. The van der Waals surface area contributed by atoms with Gasteiger partial charge in [-0.2, -0.15) is 0 Å². The Morgan fingerprint density at radius 2 is 1.91 bits per heavy atom. The second-order valence-corrected chi connectivity index (χ2v) is 5.46. The van der Waals surface area contributed by atoms with E-state index in [4.69, 9.17) is 0 Å². The number of nitrogens with zero attached hydrogens (tertiary/aromatic N) is 1. The maximum Gasteiger partial charge on any atom is 0.224 e. The van der Waals surface area contributed by atoms with E-state index in [1.54, 1.807) is 0 Å². The van der Waals surface area contributed by atoms with Gasteiger partial charge < -0.3 is 10.3 Å². The fourth-order valence-electron chi connectivity index (χ4n) is 2.40. The van der Waals surface area contributed by atoms with Crippen molar-refractivity contribution in [2.24, 2.45) is 0 Å². The molecular formula is C18H19N3O. The fraction of sp³-hybridized carbons (Fsp3) is 0.222. The Balaban J connectivity index is 1.49. The van der Waals surface area contributed by atoms with Gasteiger partial charge >= 0.3 is 0 Å². The summed E-state index contributed by atoms with van der Waals surface area (Å²) in [4.78, 5) is 19.7. The van der Waals surface area contributed by atoms with Gasteiger partial charge in [0.2, 0.25) is 5.91 Å². The molecule has 0 radical (unpaired) electrons. The minimum absolute atomic E-state index is 0.0416. The molecule has 1 aromatic heterocycles. The molecule has 0 aliphatic heterocycles. The number of amides is 1. The fourth-order valence-corrected chi connectivity index (χ4v) is 2.40. The highest BCUT2D eigenvalue weighted by Gasteiger charge is 2.05. The minimum Gasteiger partial charge on any atom is -0.355 e. The Kier molecular flexibility index (Phi) is 4.19. The van der Waals surface area contributed by atoms with E-state index in [0.29, 0.717) is 19.4 Å². The minimum atomic E-state index is 0.0416. The highest BCUT2D eigenvalue weighted by molar-refractivity contribution is 5.78. The van der Waals surface area contributed by atoms with Crippen molar-refractivity contribution in [1.29, 1.82) is 0 Å². The van der Waals surface area contributed by atoms with E-state index in [9.17, 15) is 4.79 Å². The van der Waals surface area contributed by atoms with E-state index >= 15 is 0 Å². The molecule has 3 rings (SSSR count). The predicted octanol–water partition coefficient (Wildman–Crippen LogP) is 2.77. The Hall–Kier alpha value is -2.62. The van der Waals surface area contributed by atoms with Gasteiger partial charge in [-0.25, -0.2) is 4.98 Å². The predicted molar refractivity (Wildman–Crippen MR) is 87.7 cm³/mol. The zero-order valence-electron chi connectivity index (χ0n) is 12.6. The second-order valence-electron chi connectivity index (χ2n) is 5.46. The first-order valence-corrected chi connectivity index (χ1v) is 7.46. The van der Waals surface area contributed by atoms with Crippen LogP contribution in [0.5, 0.6) is 0 Å². The second kappa shape index (κ2) is 6.43. The average molecular weight is 293 g/mol. The van der Waals surface area contributed by atoms with E-state index in [-0.39, 0.29) is 5.91 Å². The molecule has 22 heavy (non-hydrogen) atoms. The highest BCUT2D eigenvalue weighted by Crippen LogP contribution is 2.10. The molecule has 4 heteroatoms. The summed E-state index contributed by atoms with van der Waals surface area (Å²) < 4.78 is 0. The molecule has 1 amide bonds. The summed E-state index contributed by atoms with van der Waals surface area (Å²) in [5.74, 6) is 0.941. The Morgan fingerprint density at radius 1 is 1.14 bits per heavy atom. The lowest BCUT2D eigenvalue weighted by Gasteiger charge is -2.04. The first-order valence-electron chi connectivity index (χ1n) is 7.46. The lowest BCUT2D eigenvalue weighted by atomic mass is 10.1. The van der Waals surface area contributed by atoms with E-state index in [2.05, 4.69) is 15.3 Å². The normalized spacial score (nSPS) is 10.8. The number of carbonyl (C=O) groups excluding carboxylic acids is 1. The van der Waals surface area contributed by atoms with Gasteiger partial charge in [0.25, 0.3) is 0 Å². The smallest absolute Gasteiger partial charge is 0.224 e. The molecule has 0 saturated heterocycles. The first kappa shape index (κ1) is 14.3. The van der Waals surface area contributed by atoms with Gasteiger partial charge in [-0.05, 0) is 24.6 Å². The van der Waals surface area contributed by atoms with Gasteiger partial charge in [0, 0.05) is 13.0 Å². The number of imidazole rings is 1. The van der Waals surface area contributed by atoms with Gasteiger partial charge in [0.15, 0.2) is 0 Å². The molecule has 2 N–H and O–H groups in total. The van der Waals surface area contributed by atoms with E-state index in [1.807, 2.05) is 55.5 Å². The Morgan fingerprint density at radius 3 is 2.68 bits per heavy atom. The number of aryl methyl sites for hydroxylation is 1. The summed E-state index contributed by atoms with van der Waals surface area (Å²) in [7, 11) is 0. The molecule has 0 saturated carbocycles. The number of H-pyrrole nitrogens is 1. The summed E-state index contributed by atoms with van der Waals surface area (Å²) in [5, 5.41) is 2.94. The molecule has 4 nitrogen and oxygen atoms in total. The maximum atomic E-state index is 11.9. The van der Waals surface area contributed by atoms with Gasteiger partial charge in [0.1, 0.15) is 5.82 Å². The number of fused-ring (bicyclic) bond motifs is 1. The van der Waals surface area contributed by atoms with Crippen LogP contribution >= 0.6 is 0 Å². The van der Waals surface area contributed by atoms with Crippen molar-refractivity contribution < 1.29 is 4.79 Å². The molecule has 0 spiro atoms. The molecule has 0 bridgehead atoms. The summed E-state index contributed by atoms with van der Waals surface area (Å²) >= 11 is 0. The largest absolute Gasteiger partial charge is 0.355 e. The van der Waals surface area contributed by atoms with Crippen LogP contribution < -0.4 is 5.32 Å². The highest BCUT2D eigenvalue weighted by atomic mass is 16.1. The van der Waals surface area contributed by atoms with Crippen LogP contribution in [-0.2, 0) is 17.6 Å². The van der Waals surface area contributed by atoms with Crippen LogP contribution in [0.4, 0.5) is 0 Å². The van der Waals surface area contributed by atoms with Crippen molar-refractivity contribution in [3.63, 3.8) is 0 Å². The SMILES string of the molecule is Cc1ccc(CC(=O)NCCc2nc3ccccc3[nH]2)cc1. The first-order chi connectivity index (χ1) is 10.7. The number of hydrogen-bond acceptors (Lipinski definition) is 2. The van der Waals surface area contributed by atoms with Crippen LogP contribution in [0.2, 0.25) is 0 Å². The summed E-state index contributed by atoms with van der Waals surface area (Å²) in [5.41, 5.74) is 4.23. The zero-order chi connectivity index (χ0) is 15.4. The summed E-state index contributed by atoms with van der Waals surface area (Å²) in [6.07, 6.45) is 1.12. The standard InChI is InChI=1S/C18H19N3O/c1-13-6-8-14(9-7-13)12-18(22)19-11-10-17-20-15-4-2-3-5-16(15)21-17/h2-9H,10-12H2,1H3,(H,19,22)(H,20,21). The van der Waals surface area contributed by atoms with Crippen LogP contribution in [0.1, 0.15) is 17.0 Å². The number of nitrogens with one attached hydrogen (secondary N) is 2. The van der Waals surface area contributed by atoms with Crippen molar-refractivity contribution in [1.82, 2.24) is 15.3 Å². The number of aromatic nitrogens is 2. The Bertz CT molecular complexity index is 741. The van der Waals surface area contributed by atoms with Crippen LogP contribution in [0.15, 0.2) is 48.5 Å². The molecular weight excluding hydrogens is 274 g/mol. The van der Waals surface area contributed by atoms with Gasteiger partial charge in [0.05, 0.1) is 17.5 Å². The molecule has 0 atom stereocenters. The number of aromatic amines is 1. The average Bonchev–Trinajstić information content (AvgIpc) is 2.92. The number of para-hydroxylation sites is 2. The van der Waals surface area contributed by atoms with E-state index < -0.39 is 0 Å².